The Kier molecular flexibility index (Phi) is 16.2. The molecular formula is C48H50N2O4. The molecule has 0 spiro atoms. The third-order valence-electron chi connectivity index (χ3n) is 8.90. The number of aliphatic carboxylic acids is 2. The highest BCUT2D eigenvalue weighted by Crippen LogP contribution is 2.25. The molecule has 0 amide bonds. The van der Waals surface area contributed by atoms with Gasteiger partial charge in [-0.15, -0.1) is 0 Å². The summed E-state index contributed by atoms with van der Waals surface area (Å²) in [5.41, 5.74) is 14.0. The molecule has 0 unspecified atom stereocenters. The summed E-state index contributed by atoms with van der Waals surface area (Å²) in [5.74, 6) is -3.09. The minimum Gasteiger partial charge on any atom is -0.545 e. The lowest BCUT2D eigenvalue weighted by atomic mass is 9.93. The van der Waals surface area contributed by atoms with Crippen LogP contribution in [-0.4, -0.2) is 40.1 Å². The molecule has 0 aromatic heterocycles. The molecule has 0 fully saturated rings. The van der Waals surface area contributed by atoms with Crippen LogP contribution in [0, 0.1) is 0 Å². The number of rotatable bonds is 12. The fourth-order valence-corrected chi connectivity index (χ4v) is 6.32. The number of carbonyl (C=O) groups is 2. The first-order chi connectivity index (χ1) is 26.1. The van der Waals surface area contributed by atoms with Crippen molar-refractivity contribution in [3.05, 3.63) is 214 Å². The van der Waals surface area contributed by atoms with Gasteiger partial charge in [0.25, 0.3) is 0 Å². The first kappa shape index (κ1) is 40.7. The standard InChI is InChI=1S/2C22H23N.C4H4O4/c2*1-23(2)22-15-9-14-20(16-18-10-5-3-6-11-18)21(22)17-19-12-7-4-8-13-19;5-3(6)1-2-4(7)8/h2*3-15H,16-17H2,1-2H3;1-2H,(H,5,6)(H,7,8)/b;;2-1-. The predicted octanol–water partition coefficient (Wildman–Crippen LogP) is 4.33. The third-order valence-corrected chi connectivity index (χ3v) is 8.90. The van der Waals surface area contributed by atoms with E-state index in [1.165, 1.54) is 65.7 Å². The third kappa shape index (κ3) is 13.5. The zero-order valence-corrected chi connectivity index (χ0v) is 31.6. The molecule has 6 nitrogen and oxygen atoms in total. The van der Waals surface area contributed by atoms with E-state index in [4.69, 9.17) is 0 Å². The van der Waals surface area contributed by atoms with Crippen molar-refractivity contribution in [1.29, 1.82) is 0 Å². The van der Waals surface area contributed by atoms with E-state index >= 15 is 0 Å². The van der Waals surface area contributed by atoms with Crippen molar-refractivity contribution >= 4 is 23.3 Å². The fraction of sp³-hybridized carbons (Fsp3) is 0.167. The summed E-state index contributed by atoms with van der Waals surface area (Å²) in [6.45, 7) is 0. The molecule has 276 valence electrons. The first-order valence-electron chi connectivity index (χ1n) is 18.2. The van der Waals surface area contributed by atoms with Gasteiger partial charge in [0.05, 0.1) is 40.1 Å². The predicted molar refractivity (Wildman–Crippen MR) is 214 cm³/mol. The zero-order chi connectivity index (χ0) is 38.7. The van der Waals surface area contributed by atoms with Crippen molar-refractivity contribution in [1.82, 2.24) is 0 Å². The average Bonchev–Trinajstić information content (AvgIpc) is 3.17. The van der Waals surface area contributed by atoms with Gasteiger partial charge in [-0.05, 0) is 70.5 Å². The van der Waals surface area contributed by atoms with Gasteiger partial charge in [0, 0.05) is 24.0 Å². The summed E-state index contributed by atoms with van der Waals surface area (Å²) in [5, 5.41) is 18.8. The second kappa shape index (κ2) is 21.4. The van der Waals surface area contributed by atoms with Crippen LogP contribution in [0.5, 0.6) is 0 Å². The summed E-state index contributed by atoms with van der Waals surface area (Å²) < 4.78 is 0. The van der Waals surface area contributed by atoms with Crippen molar-refractivity contribution in [2.45, 2.75) is 25.7 Å². The van der Waals surface area contributed by atoms with E-state index < -0.39 is 11.9 Å². The number of hydrogen-bond acceptors (Lipinski definition) is 4. The topological polar surface area (TPSA) is 89.1 Å². The van der Waals surface area contributed by atoms with Crippen LogP contribution >= 0.6 is 0 Å². The highest BCUT2D eigenvalue weighted by atomic mass is 16.4. The Balaban J connectivity index is 0.000000201. The molecule has 0 bridgehead atoms. The van der Waals surface area contributed by atoms with Gasteiger partial charge < -0.3 is 29.6 Å². The molecular weight excluding hydrogens is 669 g/mol. The number of hydrogen-bond donors (Lipinski definition) is 2. The van der Waals surface area contributed by atoms with Crippen LogP contribution in [0.3, 0.4) is 0 Å². The van der Waals surface area contributed by atoms with Gasteiger partial charge in [-0.1, -0.05) is 146 Å². The quantitative estimate of drug-likeness (QED) is 0.185. The second-order valence-corrected chi connectivity index (χ2v) is 13.5. The molecule has 0 atom stereocenters. The lowest BCUT2D eigenvalue weighted by Gasteiger charge is -2.17. The second-order valence-electron chi connectivity index (χ2n) is 13.5. The van der Waals surface area contributed by atoms with Crippen molar-refractivity contribution in [2.24, 2.45) is 0 Å². The number of carboxylic acid groups (broad SMARTS) is 2. The largest absolute Gasteiger partial charge is 0.545 e. The van der Waals surface area contributed by atoms with Crippen molar-refractivity contribution in [3.63, 3.8) is 0 Å². The van der Waals surface area contributed by atoms with Crippen LogP contribution in [-0.2, 0) is 35.3 Å². The molecule has 0 aliphatic rings. The van der Waals surface area contributed by atoms with Crippen molar-refractivity contribution in [3.8, 4) is 0 Å². The lowest BCUT2D eigenvalue weighted by molar-refractivity contribution is -0.786. The van der Waals surface area contributed by atoms with E-state index in [1.54, 1.807) is 0 Å². The van der Waals surface area contributed by atoms with Gasteiger partial charge >= 0.3 is 0 Å². The summed E-state index contributed by atoms with van der Waals surface area (Å²) >= 11 is 0. The Morgan fingerprint density at radius 2 is 0.685 bits per heavy atom. The van der Waals surface area contributed by atoms with Crippen molar-refractivity contribution < 1.29 is 29.6 Å². The maximum absolute atomic E-state index is 9.41. The Hall–Kier alpha value is -6.08. The maximum atomic E-state index is 9.41. The molecule has 6 rings (SSSR count). The minimum atomic E-state index is -1.55. The smallest absolute Gasteiger partial charge is 0.134 e. The maximum Gasteiger partial charge on any atom is 0.134 e. The van der Waals surface area contributed by atoms with E-state index in [9.17, 15) is 19.8 Å². The molecule has 0 aliphatic heterocycles. The average molecular weight is 719 g/mol. The van der Waals surface area contributed by atoms with E-state index in [-0.39, 0.29) is 0 Å². The molecule has 0 radical (unpaired) electrons. The number of benzene rings is 6. The SMILES string of the molecule is C[NH+](C)c1cccc(Cc2ccccc2)c1Cc1ccccc1.C[NH+](C)c1cccc(Cc2ccccc2)c1Cc1ccccc1.O=C([O-])/C=C\C(=O)[O-]. The molecule has 6 heteroatoms. The minimum absolute atomic E-state index is 0.384. The monoisotopic (exact) mass is 718 g/mol. The Bertz CT molecular complexity index is 1910. The number of carbonyl (C=O) groups excluding carboxylic acids is 2. The van der Waals surface area contributed by atoms with Crippen LogP contribution in [0.1, 0.15) is 44.5 Å². The van der Waals surface area contributed by atoms with Gasteiger partial charge in [-0.3, -0.25) is 0 Å². The first-order valence-corrected chi connectivity index (χ1v) is 18.2. The Morgan fingerprint density at radius 1 is 0.407 bits per heavy atom. The van der Waals surface area contributed by atoms with Gasteiger partial charge in [0.15, 0.2) is 0 Å². The summed E-state index contributed by atoms with van der Waals surface area (Å²) in [4.78, 5) is 21.6. The summed E-state index contributed by atoms with van der Waals surface area (Å²) in [6.07, 6.45) is 4.73. The van der Waals surface area contributed by atoms with Crippen LogP contribution in [0.15, 0.2) is 170 Å². The lowest BCUT2D eigenvalue weighted by Crippen LogP contribution is -3.00. The number of quaternary nitrogens is 2. The molecule has 0 saturated carbocycles. The molecule has 6 aromatic carbocycles. The van der Waals surface area contributed by atoms with Gasteiger partial charge in [0.1, 0.15) is 11.4 Å². The van der Waals surface area contributed by atoms with E-state index in [0.717, 1.165) is 25.7 Å². The molecule has 6 aromatic rings. The molecule has 0 heterocycles. The number of carboxylic acids is 2. The highest BCUT2D eigenvalue weighted by molar-refractivity contribution is 5.87. The van der Waals surface area contributed by atoms with Crippen molar-refractivity contribution in [2.75, 3.05) is 28.2 Å². The Morgan fingerprint density at radius 3 is 0.944 bits per heavy atom. The molecule has 0 saturated heterocycles. The molecule has 2 N–H and O–H groups in total. The van der Waals surface area contributed by atoms with Gasteiger partial charge in [-0.25, -0.2) is 0 Å². The summed E-state index contributed by atoms with van der Waals surface area (Å²) in [6, 6.07) is 56.4. The van der Waals surface area contributed by atoms with Crippen LogP contribution < -0.4 is 20.0 Å². The van der Waals surface area contributed by atoms with Crippen LogP contribution in [0.4, 0.5) is 11.4 Å². The normalized spacial score (nSPS) is 10.7. The molecule has 54 heavy (non-hydrogen) atoms. The summed E-state index contributed by atoms with van der Waals surface area (Å²) in [7, 11) is 8.82. The van der Waals surface area contributed by atoms with Crippen LogP contribution in [0.2, 0.25) is 0 Å². The van der Waals surface area contributed by atoms with Crippen LogP contribution in [0.25, 0.3) is 0 Å². The Labute approximate surface area is 320 Å². The molecule has 0 aliphatic carbocycles. The van der Waals surface area contributed by atoms with E-state index in [0.29, 0.717) is 12.2 Å². The highest BCUT2D eigenvalue weighted by Gasteiger charge is 2.16. The van der Waals surface area contributed by atoms with Gasteiger partial charge in [-0.2, -0.15) is 0 Å². The zero-order valence-electron chi connectivity index (χ0n) is 31.6. The van der Waals surface area contributed by atoms with E-state index in [2.05, 4.69) is 186 Å². The van der Waals surface area contributed by atoms with E-state index in [1.807, 2.05) is 0 Å². The number of nitrogens with one attached hydrogen (secondary N) is 2. The fourth-order valence-electron chi connectivity index (χ4n) is 6.32. The van der Waals surface area contributed by atoms with Gasteiger partial charge in [0.2, 0.25) is 0 Å².